The Labute approximate surface area is 276 Å². The fourth-order valence-electron chi connectivity index (χ4n) is 5.34. The number of ether oxygens (including phenoxy) is 2. The van der Waals surface area contributed by atoms with Crippen molar-refractivity contribution >= 4 is 17.7 Å². The summed E-state index contributed by atoms with van der Waals surface area (Å²) in [6.07, 6.45) is 1.10. The number of methoxy groups -OCH3 is 1. The zero-order valence-corrected chi connectivity index (χ0v) is 27.0. The number of nitrogens with one attached hydrogen (secondary N) is 1. The molecule has 0 radical (unpaired) electrons. The van der Waals surface area contributed by atoms with E-state index in [2.05, 4.69) is 41.7 Å². The maximum Gasteiger partial charge on any atom is 0.321 e. The first-order chi connectivity index (χ1) is 22.8. The van der Waals surface area contributed by atoms with Gasteiger partial charge in [-0.15, -0.1) is 0 Å². The third-order valence-corrected chi connectivity index (χ3v) is 8.14. The number of benzene rings is 5. The minimum absolute atomic E-state index is 0.199. The number of carboxylic acid groups (broad SMARTS) is 1. The molecule has 0 fully saturated rings. The first kappa shape index (κ1) is 32.8. The molecule has 0 aromatic heterocycles. The zero-order chi connectivity index (χ0) is 33.2. The number of carbonyl (C=O) groups is 2. The number of aliphatic carboxylic acids is 1. The molecule has 7 heteroatoms. The summed E-state index contributed by atoms with van der Waals surface area (Å²) < 4.78 is 11.7. The number of nitrogens with zero attached hydrogens (tertiary/aromatic N) is 1. The van der Waals surface area contributed by atoms with Gasteiger partial charge in [-0.3, -0.25) is 9.69 Å². The number of rotatable bonds is 13. The highest BCUT2D eigenvalue weighted by atomic mass is 16.5. The van der Waals surface area contributed by atoms with Crippen LogP contribution < -0.4 is 19.7 Å². The van der Waals surface area contributed by atoms with Crippen LogP contribution in [0.15, 0.2) is 121 Å². The van der Waals surface area contributed by atoms with Gasteiger partial charge in [-0.05, 0) is 76.6 Å². The molecule has 0 aliphatic heterocycles. The number of anilines is 1. The fraction of sp³-hybridized carbons (Fsp3) is 0.200. The lowest BCUT2D eigenvalue weighted by Crippen LogP contribution is -2.38. The lowest BCUT2D eigenvalue weighted by atomic mass is 9.97. The van der Waals surface area contributed by atoms with Crippen LogP contribution in [0.25, 0.3) is 22.3 Å². The van der Waals surface area contributed by atoms with Crippen molar-refractivity contribution in [1.29, 1.82) is 0 Å². The van der Waals surface area contributed by atoms with Crippen LogP contribution in [0.3, 0.4) is 0 Å². The molecular weight excluding hydrogens is 588 g/mol. The highest BCUT2D eigenvalue weighted by Crippen LogP contribution is 2.34. The Hall–Kier alpha value is -5.56. The molecule has 7 nitrogen and oxygen atoms in total. The van der Waals surface area contributed by atoms with Crippen LogP contribution in [0, 0.1) is 5.92 Å². The van der Waals surface area contributed by atoms with Crippen LogP contribution in [0.2, 0.25) is 0 Å². The molecule has 0 heterocycles. The van der Waals surface area contributed by atoms with E-state index in [4.69, 9.17) is 9.47 Å². The maximum absolute atomic E-state index is 13.1. The summed E-state index contributed by atoms with van der Waals surface area (Å²) in [6.45, 7) is 2.50. The van der Waals surface area contributed by atoms with Gasteiger partial charge in [-0.25, -0.2) is 4.79 Å². The summed E-state index contributed by atoms with van der Waals surface area (Å²) in [5.74, 6) is -0.00471. The first-order valence-electron chi connectivity index (χ1n) is 15.7. The van der Waals surface area contributed by atoms with E-state index in [1.807, 2.05) is 84.9 Å². The van der Waals surface area contributed by atoms with Crippen molar-refractivity contribution in [3.63, 3.8) is 0 Å². The molecule has 0 aliphatic carbocycles. The van der Waals surface area contributed by atoms with Crippen LogP contribution >= 0.6 is 0 Å². The van der Waals surface area contributed by atoms with E-state index in [1.54, 1.807) is 26.0 Å². The number of carboxylic acids is 1. The molecule has 0 bridgehead atoms. The number of hydrogen-bond acceptors (Lipinski definition) is 4. The van der Waals surface area contributed by atoms with Gasteiger partial charge >= 0.3 is 12.0 Å². The lowest BCUT2D eigenvalue weighted by molar-refractivity contribution is -0.141. The first-order valence-corrected chi connectivity index (χ1v) is 15.7. The fourth-order valence-corrected chi connectivity index (χ4v) is 5.34. The molecule has 47 heavy (non-hydrogen) atoms. The summed E-state index contributed by atoms with van der Waals surface area (Å²) in [5.41, 5.74) is 7.75. The number of urea groups is 1. The van der Waals surface area contributed by atoms with Gasteiger partial charge in [0.2, 0.25) is 0 Å². The van der Waals surface area contributed by atoms with Crippen molar-refractivity contribution in [2.24, 2.45) is 5.92 Å². The Balaban J connectivity index is 1.28. The lowest BCUT2D eigenvalue weighted by Gasteiger charge is -2.20. The van der Waals surface area contributed by atoms with Crippen molar-refractivity contribution in [2.45, 2.75) is 26.4 Å². The topological polar surface area (TPSA) is 88.1 Å². The molecule has 2 N–H and O–H groups in total. The Morgan fingerprint density at radius 1 is 0.766 bits per heavy atom. The van der Waals surface area contributed by atoms with E-state index in [1.165, 1.54) is 5.56 Å². The third kappa shape index (κ3) is 8.79. The summed E-state index contributed by atoms with van der Waals surface area (Å²) in [7, 11) is 3.37. The SMILES string of the molecule is COc1cccc(COc2cc(CC(C)C(=O)O)ccc2-c2cccc(N(C)C(=O)NCCc3ccc(-c4ccccc4)cc3)c2)c1. The predicted octanol–water partition coefficient (Wildman–Crippen LogP) is 8.26. The van der Waals surface area contributed by atoms with Gasteiger partial charge in [-0.1, -0.05) is 97.9 Å². The second-order valence-electron chi connectivity index (χ2n) is 11.6. The van der Waals surface area contributed by atoms with E-state index in [0.717, 1.165) is 51.2 Å². The van der Waals surface area contributed by atoms with Crippen molar-refractivity contribution in [3.05, 3.63) is 138 Å². The Bertz CT molecular complexity index is 1800. The monoisotopic (exact) mass is 628 g/mol. The van der Waals surface area contributed by atoms with Gasteiger partial charge in [0.05, 0.1) is 13.0 Å². The van der Waals surface area contributed by atoms with Gasteiger partial charge in [-0.2, -0.15) is 0 Å². The Morgan fingerprint density at radius 3 is 2.21 bits per heavy atom. The largest absolute Gasteiger partial charge is 0.497 e. The van der Waals surface area contributed by atoms with Crippen LogP contribution in [0.4, 0.5) is 10.5 Å². The summed E-state index contributed by atoms with van der Waals surface area (Å²) in [4.78, 5) is 26.3. The van der Waals surface area contributed by atoms with Crippen LogP contribution in [-0.4, -0.2) is 37.8 Å². The molecule has 0 saturated carbocycles. The smallest absolute Gasteiger partial charge is 0.321 e. The van der Waals surface area contributed by atoms with E-state index >= 15 is 0 Å². The highest BCUT2D eigenvalue weighted by molar-refractivity contribution is 5.92. The Kier molecular flexibility index (Phi) is 10.9. The quantitative estimate of drug-likeness (QED) is 0.137. The molecule has 5 rings (SSSR count). The predicted molar refractivity (Wildman–Crippen MR) is 187 cm³/mol. The van der Waals surface area contributed by atoms with Gasteiger partial charge in [0.25, 0.3) is 0 Å². The summed E-state index contributed by atoms with van der Waals surface area (Å²) >= 11 is 0. The van der Waals surface area contributed by atoms with Gasteiger partial charge in [0.15, 0.2) is 0 Å². The van der Waals surface area contributed by atoms with E-state index in [9.17, 15) is 14.7 Å². The van der Waals surface area contributed by atoms with Crippen molar-refractivity contribution in [3.8, 4) is 33.8 Å². The average Bonchev–Trinajstić information content (AvgIpc) is 3.11. The second-order valence-corrected chi connectivity index (χ2v) is 11.6. The van der Waals surface area contributed by atoms with Crippen LogP contribution in [0.1, 0.15) is 23.6 Å². The maximum atomic E-state index is 13.1. The molecule has 5 aromatic carbocycles. The summed E-state index contributed by atoms with van der Waals surface area (Å²) in [6, 6.07) is 39.7. The second kappa shape index (κ2) is 15.6. The van der Waals surface area contributed by atoms with Gasteiger partial charge in [0.1, 0.15) is 18.1 Å². The van der Waals surface area contributed by atoms with Crippen molar-refractivity contribution in [1.82, 2.24) is 5.32 Å². The average molecular weight is 629 g/mol. The van der Waals surface area contributed by atoms with E-state index in [0.29, 0.717) is 25.3 Å². The molecule has 0 aliphatic rings. The molecule has 1 atom stereocenters. The molecule has 240 valence electrons. The van der Waals surface area contributed by atoms with E-state index in [-0.39, 0.29) is 6.03 Å². The molecule has 2 amide bonds. The molecule has 0 saturated heterocycles. The molecular formula is C40H40N2O5. The number of carbonyl (C=O) groups excluding carboxylic acids is 1. The molecule has 1 unspecified atom stereocenters. The molecule has 5 aromatic rings. The van der Waals surface area contributed by atoms with Crippen LogP contribution in [0.5, 0.6) is 11.5 Å². The van der Waals surface area contributed by atoms with Crippen molar-refractivity contribution in [2.75, 3.05) is 25.6 Å². The van der Waals surface area contributed by atoms with Crippen LogP contribution in [-0.2, 0) is 24.2 Å². The zero-order valence-electron chi connectivity index (χ0n) is 27.0. The van der Waals surface area contributed by atoms with Gasteiger partial charge < -0.3 is 19.9 Å². The van der Waals surface area contributed by atoms with Gasteiger partial charge in [0, 0.05) is 24.8 Å². The molecule has 0 spiro atoms. The normalized spacial score (nSPS) is 11.4. The standard InChI is InChI=1S/C40H40N2O5/c1-28(39(43)44)23-30-17-20-37(38(25-30)47-27-31-9-7-14-36(24-31)46-3)34-12-8-13-35(26-34)42(2)40(45)41-22-21-29-15-18-33(19-16-29)32-10-5-4-6-11-32/h4-20,24-26,28H,21-23,27H2,1-3H3,(H,41,45)(H,43,44). The number of amides is 2. The highest BCUT2D eigenvalue weighted by Gasteiger charge is 2.16. The van der Waals surface area contributed by atoms with Crippen molar-refractivity contribution < 1.29 is 24.2 Å². The Morgan fingerprint density at radius 2 is 1.47 bits per heavy atom. The number of hydrogen-bond donors (Lipinski definition) is 2. The summed E-state index contributed by atoms with van der Waals surface area (Å²) in [5, 5.41) is 12.5. The minimum atomic E-state index is -0.845. The minimum Gasteiger partial charge on any atom is -0.497 e. The third-order valence-electron chi connectivity index (χ3n) is 8.14. The van der Waals surface area contributed by atoms with E-state index < -0.39 is 11.9 Å².